The third-order valence-electron chi connectivity index (χ3n) is 5.03. The Bertz CT molecular complexity index is 878. The number of hydrogen-bond donors (Lipinski definition) is 0. The number of halogens is 1. The fourth-order valence-electron chi connectivity index (χ4n) is 3.92. The van der Waals surface area contributed by atoms with Crippen molar-refractivity contribution in [1.82, 2.24) is 0 Å². The van der Waals surface area contributed by atoms with Crippen molar-refractivity contribution in [2.45, 2.75) is 18.1 Å². The molecule has 3 atom stereocenters. The van der Waals surface area contributed by atoms with Gasteiger partial charge in [-0.15, -0.1) is 0 Å². The van der Waals surface area contributed by atoms with Gasteiger partial charge in [-0.25, -0.2) is 5.06 Å². The molecular weight excluding hydrogens is 362 g/mol. The first-order valence-electron chi connectivity index (χ1n) is 8.18. The third kappa shape index (κ3) is 2.05. The number of fused-ring (bicyclic) bond motifs is 4. The second kappa shape index (κ2) is 5.47. The van der Waals surface area contributed by atoms with Crippen LogP contribution < -0.4 is 5.06 Å². The van der Waals surface area contributed by atoms with E-state index in [0.29, 0.717) is 5.92 Å². The van der Waals surface area contributed by atoms with Crippen LogP contribution in [-0.2, 0) is 4.84 Å². The molecule has 0 amide bonds. The minimum absolute atomic E-state index is 0.148. The van der Waals surface area contributed by atoms with E-state index in [9.17, 15) is 0 Å². The molecule has 0 saturated carbocycles. The van der Waals surface area contributed by atoms with Crippen molar-refractivity contribution in [3.05, 3.63) is 100 Å². The van der Waals surface area contributed by atoms with Crippen LogP contribution in [0, 0.1) is 0 Å². The van der Waals surface area contributed by atoms with Crippen molar-refractivity contribution in [2.24, 2.45) is 0 Å². The lowest BCUT2D eigenvalue weighted by atomic mass is 9.70. The van der Waals surface area contributed by atoms with E-state index in [1.165, 1.54) is 16.7 Å². The first-order chi connectivity index (χ1) is 11.8. The van der Waals surface area contributed by atoms with Crippen molar-refractivity contribution in [3.8, 4) is 0 Å². The summed E-state index contributed by atoms with van der Waals surface area (Å²) < 4.78 is 1.10. The number of nitrogens with zero attached hydrogens (tertiary/aromatic N) is 1. The lowest BCUT2D eigenvalue weighted by Crippen LogP contribution is -2.25. The smallest absolute Gasteiger partial charge is 0.120 e. The molecule has 3 aromatic carbocycles. The largest absolute Gasteiger partial charge is 0.264 e. The first-order valence-corrected chi connectivity index (χ1v) is 8.97. The summed E-state index contributed by atoms with van der Waals surface area (Å²) in [6.07, 6.45) is 0.148. The highest BCUT2D eigenvalue weighted by Crippen LogP contribution is 2.61. The Morgan fingerprint density at radius 2 is 1.42 bits per heavy atom. The summed E-state index contributed by atoms with van der Waals surface area (Å²) in [6.45, 7) is 0. The van der Waals surface area contributed by atoms with E-state index in [2.05, 4.69) is 93.8 Å². The van der Waals surface area contributed by atoms with E-state index >= 15 is 0 Å². The van der Waals surface area contributed by atoms with Gasteiger partial charge < -0.3 is 0 Å². The SMILES string of the molecule is Brc1ccc([C@H]2[C@@H]3c4ccccc4[C@@H]3ON2c2ccccc2)cc1. The van der Waals surface area contributed by atoms with Gasteiger partial charge in [0.05, 0.1) is 11.7 Å². The van der Waals surface area contributed by atoms with E-state index < -0.39 is 0 Å². The molecule has 0 bridgehead atoms. The molecule has 118 valence electrons. The molecule has 0 N–H and O–H groups in total. The Hall–Kier alpha value is -2.10. The van der Waals surface area contributed by atoms with E-state index in [0.717, 1.165) is 10.2 Å². The molecule has 1 aliphatic carbocycles. The second-order valence-electron chi connectivity index (χ2n) is 6.34. The maximum Gasteiger partial charge on any atom is 0.120 e. The van der Waals surface area contributed by atoms with Gasteiger partial charge in [0.25, 0.3) is 0 Å². The Balaban J connectivity index is 1.62. The van der Waals surface area contributed by atoms with E-state index in [1.807, 2.05) is 6.07 Å². The van der Waals surface area contributed by atoms with Gasteiger partial charge in [-0.05, 0) is 41.0 Å². The van der Waals surface area contributed by atoms with E-state index in [1.54, 1.807) is 0 Å². The van der Waals surface area contributed by atoms with E-state index in [4.69, 9.17) is 4.84 Å². The topological polar surface area (TPSA) is 12.5 Å². The van der Waals surface area contributed by atoms with Crippen LogP contribution in [0.1, 0.15) is 34.8 Å². The maximum absolute atomic E-state index is 6.39. The van der Waals surface area contributed by atoms with Crippen molar-refractivity contribution >= 4 is 21.6 Å². The van der Waals surface area contributed by atoms with Gasteiger partial charge in [0.15, 0.2) is 0 Å². The number of anilines is 1. The van der Waals surface area contributed by atoms with Gasteiger partial charge in [0.1, 0.15) is 6.10 Å². The van der Waals surface area contributed by atoms with E-state index in [-0.39, 0.29) is 12.1 Å². The molecule has 1 aliphatic heterocycles. The Kier molecular flexibility index (Phi) is 3.25. The van der Waals surface area contributed by atoms with Crippen LogP contribution in [0.15, 0.2) is 83.3 Å². The van der Waals surface area contributed by atoms with Crippen molar-refractivity contribution in [1.29, 1.82) is 0 Å². The van der Waals surface area contributed by atoms with Crippen LogP contribution in [0.25, 0.3) is 0 Å². The summed E-state index contributed by atoms with van der Waals surface area (Å²) in [5.74, 6) is 0.377. The normalized spacial score (nSPS) is 24.2. The molecule has 1 heterocycles. The molecular formula is C21H16BrNO. The number of hydroxylamine groups is 1. The highest BCUT2D eigenvalue weighted by atomic mass is 79.9. The van der Waals surface area contributed by atoms with Crippen LogP contribution in [-0.4, -0.2) is 0 Å². The van der Waals surface area contributed by atoms with Crippen LogP contribution in [0.4, 0.5) is 5.69 Å². The summed E-state index contributed by atoms with van der Waals surface area (Å²) in [5.41, 5.74) is 5.12. The predicted octanol–water partition coefficient (Wildman–Crippen LogP) is 5.78. The number of hydrogen-bond acceptors (Lipinski definition) is 2. The summed E-state index contributed by atoms with van der Waals surface area (Å²) in [5, 5.41) is 2.10. The van der Waals surface area contributed by atoms with Gasteiger partial charge in [0, 0.05) is 10.4 Å². The highest BCUT2D eigenvalue weighted by Gasteiger charge is 2.53. The summed E-state index contributed by atoms with van der Waals surface area (Å²) in [7, 11) is 0. The van der Waals surface area contributed by atoms with Crippen molar-refractivity contribution in [3.63, 3.8) is 0 Å². The number of para-hydroxylation sites is 1. The number of rotatable bonds is 2. The fourth-order valence-corrected chi connectivity index (χ4v) is 4.19. The zero-order valence-corrected chi connectivity index (χ0v) is 14.6. The van der Waals surface area contributed by atoms with Gasteiger partial charge in [-0.3, -0.25) is 4.84 Å². The predicted molar refractivity (Wildman–Crippen MR) is 98.8 cm³/mol. The quantitative estimate of drug-likeness (QED) is 0.561. The molecule has 2 aliphatic rings. The van der Waals surface area contributed by atoms with Crippen LogP contribution in [0.5, 0.6) is 0 Å². The maximum atomic E-state index is 6.39. The molecule has 5 rings (SSSR count). The molecule has 3 aromatic rings. The summed E-state index contributed by atoms with van der Waals surface area (Å²) >= 11 is 3.54. The lowest BCUT2D eigenvalue weighted by Gasteiger charge is -2.34. The highest BCUT2D eigenvalue weighted by molar-refractivity contribution is 9.10. The third-order valence-corrected chi connectivity index (χ3v) is 5.56. The van der Waals surface area contributed by atoms with Gasteiger partial charge in [0.2, 0.25) is 0 Å². The molecule has 0 aromatic heterocycles. The fraction of sp³-hybridized carbons (Fsp3) is 0.143. The Morgan fingerprint density at radius 1 is 0.750 bits per heavy atom. The molecule has 3 heteroatoms. The Morgan fingerprint density at radius 3 is 2.17 bits per heavy atom. The van der Waals surface area contributed by atoms with Gasteiger partial charge >= 0.3 is 0 Å². The summed E-state index contributed by atoms with van der Waals surface area (Å²) in [6, 6.07) is 27.8. The molecule has 1 fully saturated rings. The average molecular weight is 378 g/mol. The number of benzene rings is 3. The minimum atomic E-state index is 0.148. The van der Waals surface area contributed by atoms with Crippen LogP contribution >= 0.6 is 15.9 Å². The molecule has 1 saturated heterocycles. The summed E-state index contributed by atoms with van der Waals surface area (Å²) in [4.78, 5) is 6.39. The van der Waals surface area contributed by atoms with Crippen molar-refractivity contribution in [2.75, 3.05) is 5.06 Å². The standard InChI is InChI=1S/C21H16BrNO/c22-15-12-10-14(11-13-15)20-19-17-8-4-5-9-18(17)21(19)24-23(20)16-6-2-1-3-7-16/h1-13,19-21H/t19-,20-,21-/m0/s1. The van der Waals surface area contributed by atoms with Gasteiger partial charge in [-0.1, -0.05) is 70.5 Å². The van der Waals surface area contributed by atoms with Crippen LogP contribution in [0.3, 0.4) is 0 Å². The Labute approximate surface area is 149 Å². The molecule has 2 nitrogen and oxygen atoms in total. The first kappa shape index (κ1) is 14.3. The molecule has 0 unspecified atom stereocenters. The monoisotopic (exact) mass is 377 g/mol. The average Bonchev–Trinajstić information content (AvgIpc) is 2.96. The minimum Gasteiger partial charge on any atom is -0.264 e. The zero-order valence-electron chi connectivity index (χ0n) is 13.0. The van der Waals surface area contributed by atoms with Crippen molar-refractivity contribution < 1.29 is 4.84 Å². The van der Waals surface area contributed by atoms with Crippen LogP contribution in [0.2, 0.25) is 0 Å². The molecule has 0 spiro atoms. The molecule has 0 radical (unpaired) electrons. The zero-order chi connectivity index (χ0) is 16.1. The molecule has 24 heavy (non-hydrogen) atoms. The lowest BCUT2D eigenvalue weighted by molar-refractivity contribution is 0.0657. The van der Waals surface area contributed by atoms with Gasteiger partial charge in [-0.2, -0.15) is 0 Å². The second-order valence-corrected chi connectivity index (χ2v) is 7.25.